The van der Waals surface area contributed by atoms with Gasteiger partial charge < -0.3 is 14.6 Å². The van der Waals surface area contributed by atoms with Gasteiger partial charge >= 0.3 is 12.1 Å². The fourth-order valence-corrected chi connectivity index (χ4v) is 6.86. The second-order valence-electron chi connectivity index (χ2n) is 9.32. The van der Waals surface area contributed by atoms with Gasteiger partial charge in [0.15, 0.2) is 9.84 Å². The van der Waals surface area contributed by atoms with E-state index in [2.05, 4.69) is 13.8 Å². The minimum absolute atomic E-state index is 0.00490. The number of methoxy groups -OCH3 is 1. The Bertz CT molecular complexity index is 1210. The molecule has 0 saturated carbocycles. The molecule has 2 aromatic carbocycles. The molecule has 2 aliphatic heterocycles. The van der Waals surface area contributed by atoms with E-state index in [9.17, 15) is 23.1 Å². The van der Waals surface area contributed by atoms with Crippen LogP contribution in [0.5, 0.6) is 5.75 Å². The molecule has 0 aromatic heterocycles. The number of fused-ring (bicyclic) bond motifs is 1. The Morgan fingerprint density at radius 2 is 1.94 bits per heavy atom. The summed E-state index contributed by atoms with van der Waals surface area (Å²) in [5.74, 6) is -1.31. The van der Waals surface area contributed by atoms with Crippen LogP contribution in [0.4, 0.5) is 4.79 Å². The van der Waals surface area contributed by atoms with Gasteiger partial charge in [-0.1, -0.05) is 44.2 Å². The molecule has 2 fully saturated rings. The van der Waals surface area contributed by atoms with Crippen molar-refractivity contribution in [2.75, 3.05) is 18.6 Å². The standard InChI is InChI=1S/C25H29NO7S/c1-15(2)18-6-4-5-17(10-18)12-26-21-14-34(30,31)13-19(23(21)33-25(26)29)9-16-7-8-22(32-3)20(11-16)24(27)28/h4-8,10-11,15,19,21,23H,9,12-14H2,1-3H3,(H,27,28)/t19-,21+,23+/m1/s1. The molecule has 0 radical (unpaired) electrons. The Kier molecular flexibility index (Phi) is 6.58. The van der Waals surface area contributed by atoms with E-state index in [4.69, 9.17) is 9.47 Å². The zero-order valence-electron chi connectivity index (χ0n) is 19.4. The minimum atomic E-state index is -3.43. The summed E-state index contributed by atoms with van der Waals surface area (Å²) in [4.78, 5) is 25.9. The fourth-order valence-electron chi connectivity index (χ4n) is 4.88. The smallest absolute Gasteiger partial charge is 0.410 e. The van der Waals surface area contributed by atoms with E-state index in [-0.39, 0.29) is 35.8 Å². The van der Waals surface area contributed by atoms with Crippen molar-refractivity contribution in [3.05, 3.63) is 64.7 Å². The van der Waals surface area contributed by atoms with Crippen molar-refractivity contribution in [1.29, 1.82) is 0 Å². The summed E-state index contributed by atoms with van der Waals surface area (Å²) in [6, 6.07) is 12.1. The van der Waals surface area contributed by atoms with Crippen molar-refractivity contribution >= 4 is 21.9 Å². The van der Waals surface area contributed by atoms with E-state index >= 15 is 0 Å². The predicted molar refractivity (Wildman–Crippen MR) is 126 cm³/mol. The van der Waals surface area contributed by atoms with Crippen molar-refractivity contribution in [3.8, 4) is 5.75 Å². The van der Waals surface area contributed by atoms with Gasteiger partial charge in [-0.05, 0) is 41.2 Å². The van der Waals surface area contributed by atoms with Gasteiger partial charge in [0, 0.05) is 12.5 Å². The molecule has 1 N–H and O–H groups in total. The van der Waals surface area contributed by atoms with Gasteiger partial charge in [0.25, 0.3) is 0 Å². The van der Waals surface area contributed by atoms with Gasteiger partial charge in [-0.15, -0.1) is 0 Å². The first kappa shape index (κ1) is 24.1. The highest BCUT2D eigenvalue weighted by Gasteiger charge is 2.51. The highest BCUT2D eigenvalue weighted by Crippen LogP contribution is 2.35. The summed E-state index contributed by atoms with van der Waals surface area (Å²) in [5.41, 5.74) is 2.72. The lowest BCUT2D eigenvalue weighted by atomic mass is 9.90. The number of benzene rings is 2. The SMILES string of the molecule is COc1ccc(C[C@@H]2CS(=O)(=O)C[C@H]3[C@H]2OC(=O)N3Cc2cccc(C(C)C)c2)cc1C(=O)O. The molecule has 1 amide bonds. The Morgan fingerprint density at radius 1 is 1.18 bits per heavy atom. The van der Waals surface area contributed by atoms with Gasteiger partial charge in [0.1, 0.15) is 17.4 Å². The molecule has 0 unspecified atom stereocenters. The predicted octanol–water partition coefficient (Wildman–Crippen LogP) is 3.49. The summed E-state index contributed by atoms with van der Waals surface area (Å²) < 4.78 is 36.4. The zero-order chi connectivity index (χ0) is 24.6. The third kappa shape index (κ3) is 4.89. The summed E-state index contributed by atoms with van der Waals surface area (Å²) in [6.45, 7) is 4.45. The first-order valence-electron chi connectivity index (χ1n) is 11.2. The Morgan fingerprint density at radius 3 is 2.62 bits per heavy atom. The van der Waals surface area contributed by atoms with Crippen molar-refractivity contribution in [2.45, 2.75) is 44.9 Å². The van der Waals surface area contributed by atoms with Gasteiger partial charge in [0.2, 0.25) is 0 Å². The van der Waals surface area contributed by atoms with Gasteiger partial charge in [-0.2, -0.15) is 0 Å². The van der Waals surface area contributed by atoms with Crippen molar-refractivity contribution in [2.24, 2.45) is 5.92 Å². The maximum atomic E-state index is 12.8. The lowest BCUT2D eigenvalue weighted by molar-refractivity contribution is 0.0693. The number of nitrogens with zero attached hydrogens (tertiary/aromatic N) is 1. The summed E-state index contributed by atoms with van der Waals surface area (Å²) in [6.07, 6.45) is -0.832. The van der Waals surface area contributed by atoms with E-state index in [1.165, 1.54) is 18.1 Å². The highest BCUT2D eigenvalue weighted by molar-refractivity contribution is 7.91. The van der Waals surface area contributed by atoms with Crippen LogP contribution < -0.4 is 4.74 Å². The maximum absolute atomic E-state index is 12.8. The Labute approximate surface area is 199 Å². The number of hydrogen-bond donors (Lipinski definition) is 1. The number of aromatic carboxylic acids is 1. The number of carbonyl (C=O) groups excluding carboxylic acids is 1. The van der Waals surface area contributed by atoms with Crippen LogP contribution >= 0.6 is 0 Å². The second kappa shape index (κ2) is 9.29. The van der Waals surface area contributed by atoms with Crippen LogP contribution in [0.2, 0.25) is 0 Å². The third-order valence-corrected chi connectivity index (χ3v) is 8.36. The van der Waals surface area contributed by atoms with Crippen molar-refractivity contribution in [3.63, 3.8) is 0 Å². The quantitative estimate of drug-likeness (QED) is 0.636. The molecule has 0 bridgehead atoms. The molecule has 2 aliphatic rings. The van der Waals surface area contributed by atoms with Crippen LogP contribution in [0, 0.1) is 5.92 Å². The van der Waals surface area contributed by atoms with E-state index in [1.807, 2.05) is 24.3 Å². The molecule has 2 heterocycles. The van der Waals surface area contributed by atoms with E-state index in [1.54, 1.807) is 12.1 Å². The van der Waals surface area contributed by atoms with Gasteiger partial charge in [-0.25, -0.2) is 18.0 Å². The Balaban J connectivity index is 1.59. The number of carbonyl (C=O) groups is 2. The first-order valence-corrected chi connectivity index (χ1v) is 13.1. The number of sulfone groups is 1. The average Bonchev–Trinajstić information content (AvgIpc) is 3.08. The number of hydrogen-bond acceptors (Lipinski definition) is 6. The monoisotopic (exact) mass is 487 g/mol. The number of carboxylic acid groups (broad SMARTS) is 1. The molecule has 4 rings (SSSR count). The lowest BCUT2D eigenvalue weighted by Crippen LogP contribution is -2.51. The highest BCUT2D eigenvalue weighted by atomic mass is 32.2. The molecule has 2 saturated heterocycles. The average molecular weight is 488 g/mol. The zero-order valence-corrected chi connectivity index (χ0v) is 20.2. The van der Waals surface area contributed by atoms with Gasteiger partial charge in [-0.3, -0.25) is 4.90 Å². The second-order valence-corrected chi connectivity index (χ2v) is 11.5. The van der Waals surface area contributed by atoms with Crippen LogP contribution in [0.25, 0.3) is 0 Å². The van der Waals surface area contributed by atoms with Gasteiger partial charge in [0.05, 0.1) is 24.7 Å². The molecule has 9 heteroatoms. The van der Waals surface area contributed by atoms with Crippen LogP contribution in [-0.2, 0) is 27.5 Å². The van der Waals surface area contributed by atoms with Crippen molar-refractivity contribution in [1.82, 2.24) is 4.90 Å². The maximum Gasteiger partial charge on any atom is 0.410 e. The summed E-state index contributed by atoms with van der Waals surface area (Å²) >= 11 is 0. The fraction of sp³-hybridized carbons (Fsp3) is 0.440. The van der Waals surface area contributed by atoms with Crippen LogP contribution in [0.3, 0.4) is 0 Å². The first-order chi connectivity index (χ1) is 16.1. The molecule has 0 aliphatic carbocycles. The summed E-state index contributed by atoms with van der Waals surface area (Å²) in [5, 5.41) is 9.47. The van der Waals surface area contributed by atoms with E-state index in [0.717, 1.165) is 11.1 Å². The number of rotatable bonds is 7. The van der Waals surface area contributed by atoms with E-state index in [0.29, 0.717) is 11.5 Å². The molecule has 8 nitrogen and oxygen atoms in total. The minimum Gasteiger partial charge on any atom is -0.496 e. The van der Waals surface area contributed by atoms with Crippen LogP contribution in [-0.4, -0.2) is 61.2 Å². The largest absolute Gasteiger partial charge is 0.496 e. The molecular weight excluding hydrogens is 458 g/mol. The molecule has 34 heavy (non-hydrogen) atoms. The molecule has 0 spiro atoms. The topological polar surface area (TPSA) is 110 Å². The molecule has 182 valence electrons. The Hall–Kier alpha value is -3.07. The number of ether oxygens (including phenoxy) is 2. The third-order valence-electron chi connectivity index (χ3n) is 6.57. The molecule has 3 atom stereocenters. The normalized spacial score (nSPS) is 23.5. The van der Waals surface area contributed by atoms with Crippen LogP contribution in [0.1, 0.15) is 46.8 Å². The van der Waals surface area contributed by atoms with Crippen LogP contribution in [0.15, 0.2) is 42.5 Å². The summed E-state index contributed by atoms with van der Waals surface area (Å²) in [7, 11) is -2.04. The molecule has 2 aromatic rings. The number of amides is 1. The number of carboxylic acids is 1. The van der Waals surface area contributed by atoms with E-state index < -0.39 is 40.0 Å². The molecular formula is C25H29NO7S. The van der Waals surface area contributed by atoms with Crippen molar-refractivity contribution < 1.29 is 32.6 Å². The lowest BCUT2D eigenvalue weighted by Gasteiger charge is -2.34.